The molecule has 0 unspecified atom stereocenters. The van der Waals surface area contributed by atoms with Gasteiger partial charge in [-0.05, 0) is 84.6 Å². The van der Waals surface area contributed by atoms with Gasteiger partial charge in [-0.2, -0.15) is 0 Å². The zero-order valence-corrected chi connectivity index (χ0v) is 21.5. The van der Waals surface area contributed by atoms with Crippen molar-refractivity contribution in [3.8, 4) is 11.5 Å². The van der Waals surface area contributed by atoms with Crippen LogP contribution in [0.2, 0.25) is 0 Å². The molecule has 194 valence electrons. The quantitative estimate of drug-likeness (QED) is 0.297. The number of aliphatic hydroxyl groups excluding tert-OH is 1. The van der Waals surface area contributed by atoms with Gasteiger partial charge in [-0.3, -0.25) is 9.59 Å². The normalized spacial score (nSPS) is 13.9. The molecule has 0 saturated carbocycles. The van der Waals surface area contributed by atoms with Gasteiger partial charge in [-0.25, -0.2) is 0 Å². The number of hydrogen-bond acceptors (Lipinski definition) is 5. The lowest BCUT2D eigenvalue weighted by atomic mass is 10.0. The zero-order valence-electron chi connectivity index (χ0n) is 21.5. The Bertz CT molecular complexity index is 1380. The van der Waals surface area contributed by atoms with Crippen LogP contribution in [0, 0.1) is 0 Å². The summed E-state index contributed by atoms with van der Waals surface area (Å²) in [6.07, 6.45) is 3.88. The molecule has 1 aromatic heterocycles. The predicted molar refractivity (Wildman–Crippen MR) is 148 cm³/mol. The molecule has 6 heteroatoms. The van der Waals surface area contributed by atoms with Gasteiger partial charge in [0.15, 0.2) is 11.6 Å². The van der Waals surface area contributed by atoms with E-state index in [1.54, 1.807) is 0 Å². The van der Waals surface area contributed by atoms with Crippen molar-refractivity contribution < 1.29 is 19.4 Å². The Hall–Kier alpha value is -4.16. The van der Waals surface area contributed by atoms with Crippen LogP contribution < -0.4 is 9.64 Å². The third-order valence-electron chi connectivity index (χ3n) is 7.06. The van der Waals surface area contributed by atoms with E-state index < -0.39 is 0 Å². The second-order valence-corrected chi connectivity index (χ2v) is 9.86. The number of aliphatic hydroxyl groups is 1. The summed E-state index contributed by atoms with van der Waals surface area (Å²) in [5.41, 5.74) is 4.33. The van der Waals surface area contributed by atoms with E-state index in [0.717, 1.165) is 42.7 Å². The second-order valence-electron chi connectivity index (χ2n) is 9.86. The number of carbonyl (C=O) groups excluding carboxylic acids is 2. The first-order chi connectivity index (χ1) is 18.4. The minimum atomic E-state index is -0.202. The van der Waals surface area contributed by atoms with Crippen LogP contribution >= 0.6 is 0 Å². The van der Waals surface area contributed by atoms with Crippen molar-refractivity contribution in [2.24, 2.45) is 7.05 Å². The molecule has 1 N–H and O–H groups in total. The van der Waals surface area contributed by atoms with E-state index in [1.165, 1.54) is 0 Å². The van der Waals surface area contributed by atoms with Crippen LogP contribution in [-0.4, -0.2) is 40.4 Å². The van der Waals surface area contributed by atoms with Crippen molar-refractivity contribution in [1.29, 1.82) is 0 Å². The fraction of sp³-hybridized carbons (Fsp3) is 0.250. The molecule has 0 radical (unpaired) electrons. The number of benzene rings is 3. The van der Waals surface area contributed by atoms with Crippen molar-refractivity contribution >= 4 is 17.3 Å². The Balaban J connectivity index is 1.13. The highest BCUT2D eigenvalue weighted by molar-refractivity contribution is 5.98. The van der Waals surface area contributed by atoms with Crippen LogP contribution in [0.25, 0.3) is 0 Å². The lowest BCUT2D eigenvalue weighted by molar-refractivity contribution is 0.0980. The number of anilines is 1. The first-order valence-corrected chi connectivity index (χ1v) is 13.0. The predicted octanol–water partition coefficient (Wildman–Crippen LogP) is 5.63. The molecule has 0 bridgehead atoms. The number of ketones is 2. The monoisotopic (exact) mass is 508 g/mol. The van der Waals surface area contributed by atoms with E-state index >= 15 is 0 Å². The maximum atomic E-state index is 12.8. The summed E-state index contributed by atoms with van der Waals surface area (Å²) in [6, 6.07) is 26.5. The molecule has 0 amide bonds. The second kappa shape index (κ2) is 11.5. The molecule has 38 heavy (non-hydrogen) atoms. The van der Waals surface area contributed by atoms with Gasteiger partial charge < -0.3 is 19.3 Å². The summed E-state index contributed by atoms with van der Waals surface area (Å²) in [5.74, 6) is 1.52. The summed E-state index contributed by atoms with van der Waals surface area (Å²) < 4.78 is 7.79. The van der Waals surface area contributed by atoms with E-state index in [1.807, 2.05) is 103 Å². The average molecular weight is 509 g/mol. The molecule has 2 heterocycles. The van der Waals surface area contributed by atoms with Crippen LogP contribution in [0.3, 0.4) is 0 Å². The largest absolute Gasteiger partial charge is 0.457 e. The highest BCUT2D eigenvalue weighted by Crippen LogP contribution is 2.24. The minimum absolute atomic E-state index is 0.0692. The van der Waals surface area contributed by atoms with Crippen molar-refractivity contribution in [2.75, 3.05) is 18.0 Å². The van der Waals surface area contributed by atoms with Crippen LogP contribution in [0.5, 0.6) is 11.5 Å². The smallest absolute Gasteiger partial charge is 0.183 e. The summed E-state index contributed by atoms with van der Waals surface area (Å²) in [7, 11) is 1.87. The van der Waals surface area contributed by atoms with Gasteiger partial charge in [-0.1, -0.05) is 24.3 Å². The number of aryl methyl sites for hydroxylation is 1. The molecule has 5 rings (SSSR count). The molecule has 1 aliphatic heterocycles. The topological polar surface area (TPSA) is 71.8 Å². The van der Waals surface area contributed by atoms with Crippen LogP contribution in [0.4, 0.5) is 5.69 Å². The Morgan fingerprint density at radius 3 is 1.87 bits per heavy atom. The average Bonchev–Trinajstić information content (AvgIpc) is 3.37. The van der Waals surface area contributed by atoms with Crippen LogP contribution in [0.15, 0.2) is 91.1 Å². The van der Waals surface area contributed by atoms with E-state index in [0.29, 0.717) is 35.6 Å². The lowest BCUT2D eigenvalue weighted by Gasteiger charge is -2.31. The van der Waals surface area contributed by atoms with Crippen molar-refractivity contribution in [3.63, 3.8) is 0 Å². The van der Waals surface area contributed by atoms with Crippen molar-refractivity contribution in [3.05, 3.63) is 114 Å². The third kappa shape index (κ3) is 6.21. The van der Waals surface area contributed by atoms with E-state index in [4.69, 9.17) is 4.74 Å². The fourth-order valence-corrected chi connectivity index (χ4v) is 4.78. The standard InChI is InChI=1S/C32H32N2O4/c1-33-18-2-3-30(33)32(37)22-24-6-14-29(15-7-24)38-28-12-4-23(5-13-28)21-31(36)25-8-10-26(11-9-25)34-19-16-27(35)17-20-34/h2-15,18,27,35H,16-17,19-22H2,1H3. The maximum Gasteiger partial charge on any atom is 0.183 e. The SMILES string of the molecule is Cn1cccc1C(=O)Cc1ccc(Oc2ccc(CC(=O)c3ccc(N4CCC(O)CC4)cc3)cc2)cc1. The summed E-state index contributed by atoms with van der Waals surface area (Å²) in [6.45, 7) is 1.67. The van der Waals surface area contributed by atoms with Gasteiger partial charge in [-0.15, -0.1) is 0 Å². The first kappa shape index (κ1) is 25.5. The molecular formula is C32H32N2O4. The molecule has 1 fully saturated rings. The number of ether oxygens (including phenoxy) is 1. The van der Waals surface area contributed by atoms with E-state index in [-0.39, 0.29) is 17.7 Å². The molecule has 3 aromatic carbocycles. The molecule has 4 aromatic rings. The minimum Gasteiger partial charge on any atom is -0.457 e. The zero-order chi connectivity index (χ0) is 26.5. The molecular weight excluding hydrogens is 476 g/mol. The Morgan fingerprint density at radius 1 is 0.789 bits per heavy atom. The Kier molecular flexibility index (Phi) is 7.70. The van der Waals surface area contributed by atoms with E-state index in [9.17, 15) is 14.7 Å². The highest BCUT2D eigenvalue weighted by atomic mass is 16.5. The van der Waals surface area contributed by atoms with Gasteiger partial charge in [0.2, 0.25) is 0 Å². The summed E-state index contributed by atoms with van der Waals surface area (Å²) in [4.78, 5) is 27.5. The van der Waals surface area contributed by atoms with Gasteiger partial charge in [0.25, 0.3) is 0 Å². The van der Waals surface area contributed by atoms with Gasteiger partial charge >= 0.3 is 0 Å². The molecule has 0 aliphatic carbocycles. The Labute approximate surface area is 223 Å². The number of Topliss-reactive ketones (excluding diaryl/α,β-unsaturated/α-hetero) is 2. The highest BCUT2D eigenvalue weighted by Gasteiger charge is 2.17. The molecule has 0 spiro atoms. The molecule has 0 atom stereocenters. The van der Waals surface area contributed by atoms with Crippen LogP contribution in [-0.2, 0) is 19.9 Å². The first-order valence-electron chi connectivity index (χ1n) is 13.0. The maximum absolute atomic E-state index is 12.8. The van der Waals surface area contributed by atoms with Gasteiger partial charge in [0, 0.05) is 50.4 Å². The number of nitrogens with zero attached hydrogens (tertiary/aromatic N) is 2. The van der Waals surface area contributed by atoms with Crippen molar-refractivity contribution in [1.82, 2.24) is 4.57 Å². The van der Waals surface area contributed by atoms with Gasteiger partial charge in [0.1, 0.15) is 11.5 Å². The molecule has 6 nitrogen and oxygen atoms in total. The number of piperidine rings is 1. The lowest BCUT2D eigenvalue weighted by Crippen LogP contribution is -2.35. The summed E-state index contributed by atoms with van der Waals surface area (Å²) in [5, 5.41) is 9.70. The summed E-state index contributed by atoms with van der Waals surface area (Å²) >= 11 is 0. The fourth-order valence-electron chi connectivity index (χ4n) is 4.78. The Morgan fingerprint density at radius 2 is 1.34 bits per heavy atom. The van der Waals surface area contributed by atoms with Crippen LogP contribution in [0.1, 0.15) is 44.8 Å². The van der Waals surface area contributed by atoms with Crippen molar-refractivity contribution in [2.45, 2.75) is 31.8 Å². The number of rotatable bonds is 9. The molecule has 1 aliphatic rings. The number of aromatic nitrogens is 1. The van der Waals surface area contributed by atoms with E-state index in [2.05, 4.69) is 4.90 Å². The third-order valence-corrected chi connectivity index (χ3v) is 7.06. The number of carbonyl (C=O) groups is 2. The number of hydrogen-bond donors (Lipinski definition) is 1. The van der Waals surface area contributed by atoms with Gasteiger partial charge in [0.05, 0.1) is 11.8 Å². The molecule has 1 saturated heterocycles.